The van der Waals surface area contributed by atoms with Crippen LogP contribution in [0.4, 0.5) is 5.69 Å². The molecule has 0 aromatic heterocycles. The molecule has 0 saturated carbocycles. The summed E-state index contributed by atoms with van der Waals surface area (Å²) in [5.74, 6) is 0.297. The predicted molar refractivity (Wildman–Crippen MR) is 110 cm³/mol. The molecule has 0 spiro atoms. The molecule has 1 fully saturated rings. The van der Waals surface area contributed by atoms with Crippen molar-refractivity contribution in [3.05, 3.63) is 65.2 Å². The molecule has 0 unspecified atom stereocenters. The molecule has 4 heteroatoms. The van der Waals surface area contributed by atoms with Crippen molar-refractivity contribution in [2.75, 3.05) is 44.2 Å². The number of piperazine rings is 1. The van der Waals surface area contributed by atoms with Gasteiger partial charge < -0.3 is 9.80 Å². The Hall–Kier alpha value is -2.33. The zero-order valence-corrected chi connectivity index (χ0v) is 16.2. The fraction of sp³-hybridized carbons (Fsp3) is 0.435. The number of fused-ring (bicyclic) bond motifs is 1. The molecule has 4 nitrogen and oxygen atoms in total. The van der Waals surface area contributed by atoms with E-state index in [1.165, 1.54) is 22.4 Å². The van der Waals surface area contributed by atoms with Crippen molar-refractivity contribution in [2.45, 2.75) is 26.3 Å². The summed E-state index contributed by atoms with van der Waals surface area (Å²) in [6.07, 6.45) is 1.61. The van der Waals surface area contributed by atoms with E-state index in [2.05, 4.69) is 65.3 Å². The highest BCUT2D eigenvalue weighted by Gasteiger charge is 2.22. The number of hydrogen-bond donors (Lipinski definition) is 0. The van der Waals surface area contributed by atoms with Crippen molar-refractivity contribution < 1.29 is 4.79 Å². The monoisotopic (exact) mass is 363 g/mol. The Labute approximate surface area is 162 Å². The maximum atomic E-state index is 12.7. The van der Waals surface area contributed by atoms with Crippen LogP contribution in [0.2, 0.25) is 0 Å². The van der Waals surface area contributed by atoms with Crippen LogP contribution in [0.5, 0.6) is 0 Å². The van der Waals surface area contributed by atoms with Gasteiger partial charge in [0.15, 0.2) is 0 Å². The molecule has 27 heavy (non-hydrogen) atoms. The number of anilines is 1. The number of nitrogens with zero attached hydrogens (tertiary/aromatic N) is 3. The maximum absolute atomic E-state index is 12.7. The van der Waals surface area contributed by atoms with E-state index in [0.717, 1.165) is 52.2 Å². The molecule has 0 bridgehead atoms. The lowest BCUT2D eigenvalue weighted by atomic mass is 10.00. The Morgan fingerprint density at radius 1 is 0.926 bits per heavy atom. The number of carbonyl (C=O) groups excluding carboxylic acids is 1. The van der Waals surface area contributed by atoms with Gasteiger partial charge in [0, 0.05) is 57.9 Å². The first-order valence-electron chi connectivity index (χ1n) is 10.1. The number of hydrogen-bond acceptors (Lipinski definition) is 3. The second-order valence-corrected chi connectivity index (χ2v) is 7.75. The number of carbonyl (C=O) groups is 1. The van der Waals surface area contributed by atoms with Crippen LogP contribution >= 0.6 is 0 Å². The molecule has 0 aliphatic carbocycles. The average Bonchev–Trinajstić information content (AvgIpc) is 2.72. The minimum absolute atomic E-state index is 0.297. The number of aryl methyl sites for hydroxylation is 1. The quantitative estimate of drug-likeness (QED) is 0.835. The second kappa shape index (κ2) is 8.13. The Morgan fingerprint density at radius 2 is 1.70 bits per heavy atom. The van der Waals surface area contributed by atoms with Gasteiger partial charge in [-0.15, -0.1) is 0 Å². The van der Waals surface area contributed by atoms with E-state index in [-0.39, 0.29) is 0 Å². The summed E-state index contributed by atoms with van der Waals surface area (Å²) >= 11 is 0. The molecule has 0 N–H and O–H groups in total. The first kappa shape index (κ1) is 18.1. The molecule has 2 heterocycles. The zero-order chi connectivity index (χ0) is 18.6. The van der Waals surface area contributed by atoms with Gasteiger partial charge in [-0.05, 0) is 42.2 Å². The van der Waals surface area contributed by atoms with Gasteiger partial charge in [-0.2, -0.15) is 0 Å². The Kier molecular flexibility index (Phi) is 5.44. The van der Waals surface area contributed by atoms with Crippen molar-refractivity contribution in [1.29, 1.82) is 0 Å². The highest BCUT2D eigenvalue weighted by molar-refractivity contribution is 5.76. The molecule has 2 aliphatic rings. The van der Waals surface area contributed by atoms with Crippen molar-refractivity contribution in [1.82, 2.24) is 9.80 Å². The molecule has 1 amide bonds. The summed E-state index contributed by atoms with van der Waals surface area (Å²) in [6.45, 7) is 8.79. The Morgan fingerprint density at radius 3 is 2.48 bits per heavy atom. The Bertz CT molecular complexity index is 796. The van der Waals surface area contributed by atoms with E-state index in [0.29, 0.717) is 12.3 Å². The van der Waals surface area contributed by atoms with E-state index >= 15 is 0 Å². The van der Waals surface area contributed by atoms with Crippen LogP contribution in [0, 0.1) is 6.92 Å². The van der Waals surface area contributed by atoms with Crippen molar-refractivity contribution in [3.63, 3.8) is 0 Å². The summed E-state index contributed by atoms with van der Waals surface area (Å²) in [4.78, 5) is 19.6. The van der Waals surface area contributed by atoms with E-state index in [9.17, 15) is 4.79 Å². The standard InChI is InChI=1S/C23H29N3O/c1-19-5-4-8-22(17-19)25-15-13-24(14-16-25)11-10-23(27)26-12-9-20-6-2-3-7-21(20)18-26/h2-8,17H,9-16,18H2,1H3. The van der Waals surface area contributed by atoms with Crippen LogP contribution in [0.25, 0.3) is 0 Å². The van der Waals surface area contributed by atoms with Gasteiger partial charge in [-0.1, -0.05) is 36.4 Å². The summed E-state index contributed by atoms with van der Waals surface area (Å²) in [5, 5.41) is 0. The van der Waals surface area contributed by atoms with Gasteiger partial charge in [-0.25, -0.2) is 0 Å². The topological polar surface area (TPSA) is 26.8 Å². The number of benzene rings is 2. The van der Waals surface area contributed by atoms with E-state index in [1.54, 1.807) is 0 Å². The molecule has 2 aromatic rings. The normalized spacial score (nSPS) is 17.7. The van der Waals surface area contributed by atoms with Crippen LogP contribution < -0.4 is 4.90 Å². The summed E-state index contributed by atoms with van der Waals surface area (Å²) < 4.78 is 0. The summed E-state index contributed by atoms with van der Waals surface area (Å²) in [7, 11) is 0. The van der Waals surface area contributed by atoms with Crippen molar-refractivity contribution >= 4 is 11.6 Å². The van der Waals surface area contributed by atoms with Gasteiger partial charge in [0.2, 0.25) is 5.91 Å². The van der Waals surface area contributed by atoms with Crippen LogP contribution in [0.1, 0.15) is 23.1 Å². The minimum atomic E-state index is 0.297. The third-order valence-corrected chi connectivity index (χ3v) is 5.86. The minimum Gasteiger partial charge on any atom is -0.369 e. The highest BCUT2D eigenvalue weighted by Crippen LogP contribution is 2.20. The van der Waals surface area contributed by atoms with Gasteiger partial charge in [-0.3, -0.25) is 9.69 Å². The van der Waals surface area contributed by atoms with Gasteiger partial charge in [0.05, 0.1) is 0 Å². The molecule has 0 radical (unpaired) electrons. The molecule has 1 saturated heterocycles. The van der Waals surface area contributed by atoms with Crippen LogP contribution in [-0.2, 0) is 17.8 Å². The van der Waals surface area contributed by atoms with E-state index in [1.807, 2.05) is 4.90 Å². The predicted octanol–water partition coefficient (Wildman–Crippen LogP) is 3.09. The van der Waals surface area contributed by atoms with Gasteiger partial charge >= 0.3 is 0 Å². The second-order valence-electron chi connectivity index (χ2n) is 7.75. The van der Waals surface area contributed by atoms with Crippen LogP contribution in [-0.4, -0.2) is 55.0 Å². The average molecular weight is 364 g/mol. The lowest BCUT2D eigenvalue weighted by Crippen LogP contribution is -2.47. The van der Waals surface area contributed by atoms with E-state index in [4.69, 9.17) is 0 Å². The number of rotatable bonds is 4. The van der Waals surface area contributed by atoms with Crippen molar-refractivity contribution in [3.8, 4) is 0 Å². The largest absolute Gasteiger partial charge is 0.369 e. The SMILES string of the molecule is Cc1cccc(N2CCN(CCC(=O)N3CCc4ccccc4C3)CC2)c1. The fourth-order valence-corrected chi connectivity index (χ4v) is 4.17. The van der Waals surface area contributed by atoms with Crippen LogP contribution in [0.3, 0.4) is 0 Å². The fourth-order valence-electron chi connectivity index (χ4n) is 4.17. The molecular weight excluding hydrogens is 334 g/mol. The summed E-state index contributed by atoms with van der Waals surface area (Å²) in [5.41, 5.74) is 5.33. The first-order chi connectivity index (χ1) is 13.2. The smallest absolute Gasteiger partial charge is 0.224 e. The lowest BCUT2D eigenvalue weighted by molar-refractivity contribution is -0.132. The van der Waals surface area contributed by atoms with Crippen LogP contribution in [0.15, 0.2) is 48.5 Å². The summed E-state index contributed by atoms with van der Waals surface area (Å²) in [6, 6.07) is 17.2. The Balaban J connectivity index is 1.24. The molecule has 4 rings (SSSR count). The van der Waals surface area contributed by atoms with E-state index < -0.39 is 0 Å². The highest BCUT2D eigenvalue weighted by atomic mass is 16.2. The number of amides is 1. The van der Waals surface area contributed by atoms with Crippen molar-refractivity contribution in [2.24, 2.45) is 0 Å². The molecule has 2 aromatic carbocycles. The van der Waals surface area contributed by atoms with Gasteiger partial charge in [0.25, 0.3) is 0 Å². The zero-order valence-electron chi connectivity index (χ0n) is 16.2. The van der Waals surface area contributed by atoms with Gasteiger partial charge in [0.1, 0.15) is 0 Å². The molecular formula is C23H29N3O. The third kappa shape index (κ3) is 4.33. The molecule has 142 valence electrons. The third-order valence-electron chi connectivity index (χ3n) is 5.86. The first-order valence-corrected chi connectivity index (χ1v) is 10.1. The molecule has 0 atom stereocenters. The maximum Gasteiger partial charge on any atom is 0.224 e. The lowest BCUT2D eigenvalue weighted by Gasteiger charge is -2.36. The molecule has 2 aliphatic heterocycles.